The van der Waals surface area contributed by atoms with Crippen LogP contribution in [0.1, 0.15) is 11.6 Å². The van der Waals surface area contributed by atoms with Crippen LogP contribution in [0.15, 0.2) is 18.2 Å². The summed E-state index contributed by atoms with van der Waals surface area (Å²) in [5, 5.41) is 2.39. The molecule has 1 heterocycles. The molecule has 1 fully saturated rings. The first-order valence-corrected chi connectivity index (χ1v) is 5.46. The van der Waals surface area contributed by atoms with Gasteiger partial charge in [0, 0.05) is 0 Å². The molecule has 1 aromatic rings. The van der Waals surface area contributed by atoms with E-state index in [1.54, 1.807) is 0 Å². The smallest absolute Gasteiger partial charge is 0.408 e. The third-order valence-corrected chi connectivity index (χ3v) is 2.90. The van der Waals surface area contributed by atoms with Gasteiger partial charge in [0.2, 0.25) is 0 Å². The van der Waals surface area contributed by atoms with E-state index < -0.39 is 24.7 Å². The summed E-state index contributed by atoms with van der Waals surface area (Å²) in [6.07, 6.45) is -0.875. The van der Waals surface area contributed by atoms with Gasteiger partial charge in [-0.3, -0.25) is 0 Å². The van der Waals surface area contributed by atoms with Crippen molar-refractivity contribution in [2.24, 2.45) is 0 Å². The lowest BCUT2D eigenvalue weighted by Crippen LogP contribution is -2.49. The second-order valence-electron chi connectivity index (χ2n) is 3.81. The summed E-state index contributed by atoms with van der Waals surface area (Å²) in [5.41, 5.74) is 0.206. The number of cyclic esters (lactones) is 1. The molecule has 7 heteroatoms. The number of halogens is 3. The van der Waals surface area contributed by atoms with Crippen molar-refractivity contribution in [2.45, 2.75) is 12.0 Å². The number of amides is 1. The minimum absolute atomic E-state index is 0.206. The van der Waals surface area contributed by atoms with Crippen molar-refractivity contribution >= 4 is 17.7 Å². The summed E-state index contributed by atoms with van der Waals surface area (Å²) >= 11 is 5.81. The maximum absolute atomic E-state index is 13.7. The second kappa shape index (κ2) is 4.61. The van der Waals surface area contributed by atoms with Gasteiger partial charge in [-0.05, 0) is 17.7 Å². The normalized spacial score (nSPS) is 22.0. The second-order valence-corrected chi connectivity index (χ2v) is 4.22. The standard InChI is InChI=1S/C11H10ClF2NO3/c1-17-8-4-6(2-3-7(8)12)9-11(13,14)5-18-10(16)15-9/h2-4,9H,5H2,1H3,(H,15,16)/t9-/m0/s1. The van der Waals surface area contributed by atoms with Gasteiger partial charge >= 0.3 is 12.0 Å². The fourth-order valence-corrected chi connectivity index (χ4v) is 1.89. The highest BCUT2D eigenvalue weighted by Crippen LogP contribution is 2.37. The predicted octanol–water partition coefficient (Wildman–Crippen LogP) is 2.76. The summed E-state index contributed by atoms with van der Waals surface area (Å²) in [4.78, 5) is 11.0. The van der Waals surface area contributed by atoms with Crippen LogP contribution in [0.4, 0.5) is 13.6 Å². The maximum atomic E-state index is 13.7. The number of carbonyl (C=O) groups is 1. The molecule has 1 saturated heterocycles. The molecular formula is C11H10ClF2NO3. The largest absolute Gasteiger partial charge is 0.495 e. The van der Waals surface area contributed by atoms with Crippen molar-refractivity contribution < 1.29 is 23.0 Å². The molecule has 0 aromatic heterocycles. The maximum Gasteiger partial charge on any atom is 0.408 e. The fraction of sp³-hybridized carbons (Fsp3) is 0.364. The molecule has 1 aliphatic heterocycles. The summed E-state index contributed by atoms with van der Waals surface area (Å²) in [6, 6.07) is 2.76. The summed E-state index contributed by atoms with van der Waals surface area (Å²) < 4.78 is 36.5. The van der Waals surface area contributed by atoms with E-state index in [0.29, 0.717) is 5.02 Å². The summed E-state index contributed by atoms with van der Waals surface area (Å²) in [5.74, 6) is -2.92. The molecule has 1 amide bonds. The lowest BCUT2D eigenvalue weighted by molar-refractivity contribution is -0.104. The van der Waals surface area contributed by atoms with Crippen molar-refractivity contribution in [3.05, 3.63) is 28.8 Å². The van der Waals surface area contributed by atoms with Crippen LogP contribution in [0.25, 0.3) is 0 Å². The molecule has 1 N–H and O–H groups in total. The zero-order chi connectivity index (χ0) is 13.3. The zero-order valence-electron chi connectivity index (χ0n) is 9.38. The minimum Gasteiger partial charge on any atom is -0.495 e. The van der Waals surface area contributed by atoms with Gasteiger partial charge in [-0.2, -0.15) is 0 Å². The first-order chi connectivity index (χ1) is 8.44. The number of alkyl carbamates (subject to hydrolysis) is 1. The van der Waals surface area contributed by atoms with Gasteiger partial charge < -0.3 is 14.8 Å². The fourth-order valence-electron chi connectivity index (χ4n) is 1.69. The Bertz CT molecular complexity index is 481. The van der Waals surface area contributed by atoms with E-state index in [1.165, 1.54) is 25.3 Å². The molecule has 98 valence electrons. The number of rotatable bonds is 2. The molecule has 0 bridgehead atoms. The van der Waals surface area contributed by atoms with Crippen molar-refractivity contribution in [2.75, 3.05) is 13.7 Å². The SMILES string of the molecule is COc1cc([C@@H]2NC(=O)OCC2(F)F)ccc1Cl. The Morgan fingerprint density at radius 1 is 1.56 bits per heavy atom. The quantitative estimate of drug-likeness (QED) is 0.904. The van der Waals surface area contributed by atoms with Crippen molar-refractivity contribution in [1.82, 2.24) is 5.32 Å². The first-order valence-electron chi connectivity index (χ1n) is 5.08. The minimum atomic E-state index is -3.19. The van der Waals surface area contributed by atoms with Crippen molar-refractivity contribution in [3.63, 3.8) is 0 Å². The van der Waals surface area contributed by atoms with Crippen LogP contribution in [0.5, 0.6) is 5.75 Å². The third kappa shape index (κ3) is 2.33. The number of methoxy groups -OCH3 is 1. The third-order valence-electron chi connectivity index (χ3n) is 2.59. The van der Waals surface area contributed by atoms with Crippen LogP contribution in [0, 0.1) is 0 Å². The Morgan fingerprint density at radius 3 is 2.94 bits per heavy atom. The van der Waals surface area contributed by atoms with Gasteiger partial charge in [-0.25, -0.2) is 13.6 Å². The number of nitrogens with one attached hydrogen (secondary N) is 1. The van der Waals surface area contributed by atoms with Gasteiger partial charge in [-0.1, -0.05) is 17.7 Å². The Hall–Kier alpha value is -1.56. The van der Waals surface area contributed by atoms with Gasteiger partial charge in [0.1, 0.15) is 11.8 Å². The van der Waals surface area contributed by atoms with E-state index in [2.05, 4.69) is 10.1 Å². The molecular weight excluding hydrogens is 268 g/mol. The molecule has 1 atom stereocenters. The number of alkyl halides is 2. The molecule has 0 radical (unpaired) electrons. The van der Waals surface area contributed by atoms with Gasteiger partial charge in [0.15, 0.2) is 6.61 Å². The number of benzene rings is 1. The Kier molecular flexibility index (Phi) is 3.30. The van der Waals surface area contributed by atoms with E-state index in [4.69, 9.17) is 16.3 Å². The lowest BCUT2D eigenvalue weighted by atomic mass is 10.00. The van der Waals surface area contributed by atoms with Crippen LogP contribution >= 0.6 is 11.6 Å². The Morgan fingerprint density at radius 2 is 2.28 bits per heavy atom. The number of ether oxygens (including phenoxy) is 2. The molecule has 0 spiro atoms. The molecule has 1 aromatic carbocycles. The highest BCUT2D eigenvalue weighted by molar-refractivity contribution is 6.32. The van der Waals surface area contributed by atoms with E-state index >= 15 is 0 Å². The van der Waals surface area contributed by atoms with Crippen LogP contribution in [0.2, 0.25) is 5.02 Å². The molecule has 0 saturated carbocycles. The van der Waals surface area contributed by atoms with Crippen LogP contribution in [-0.4, -0.2) is 25.7 Å². The van der Waals surface area contributed by atoms with E-state index in [1.807, 2.05) is 0 Å². The highest BCUT2D eigenvalue weighted by atomic mass is 35.5. The molecule has 18 heavy (non-hydrogen) atoms. The molecule has 0 aliphatic carbocycles. The number of hydrogen-bond acceptors (Lipinski definition) is 3. The first kappa shape index (κ1) is 12.9. The molecule has 0 unspecified atom stereocenters. The van der Waals surface area contributed by atoms with Gasteiger partial charge in [-0.15, -0.1) is 0 Å². The average molecular weight is 278 g/mol. The predicted molar refractivity (Wildman–Crippen MR) is 60.2 cm³/mol. The van der Waals surface area contributed by atoms with Crippen LogP contribution in [-0.2, 0) is 4.74 Å². The van der Waals surface area contributed by atoms with E-state index in [-0.39, 0.29) is 11.3 Å². The summed E-state index contributed by atoms with van der Waals surface area (Å²) in [7, 11) is 1.38. The molecule has 1 aliphatic rings. The Balaban J connectivity index is 2.37. The van der Waals surface area contributed by atoms with E-state index in [9.17, 15) is 13.6 Å². The van der Waals surface area contributed by atoms with Crippen molar-refractivity contribution in [1.29, 1.82) is 0 Å². The average Bonchev–Trinajstić information content (AvgIpc) is 2.33. The van der Waals surface area contributed by atoms with Gasteiger partial charge in [0.05, 0.1) is 12.1 Å². The summed E-state index contributed by atoms with van der Waals surface area (Å²) in [6.45, 7) is -0.950. The number of hydrogen-bond donors (Lipinski definition) is 1. The van der Waals surface area contributed by atoms with Crippen LogP contribution in [0.3, 0.4) is 0 Å². The topological polar surface area (TPSA) is 47.6 Å². The number of carbonyl (C=O) groups excluding carboxylic acids is 1. The molecule has 2 rings (SSSR count). The van der Waals surface area contributed by atoms with Crippen LogP contribution < -0.4 is 10.1 Å². The monoisotopic (exact) mass is 277 g/mol. The van der Waals surface area contributed by atoms with Gasteiger partial charge in [0.25, 0.3) is 0 Å². The molecule has 4 nitrogen and oxygen atoms in total. The van der Waals surface area contributed by atoms with E-state index in [0.717, 1.165) is 0 Å². The lowest BCUT2D eigenvalue weighted by Gasteiger charge is -2.32. The Labute approximate surface area is 107 Å². The zero-order valence-corrected chi connectivity index (χ0v) is 10.1. The highest BCUT2D eigenvalue weighted by Gasteiger charge is 2.46. The van der Waals surface area contributed by atoms with Crippen molar-refractivity contribution in [3.8, 4) is 5.75 Å².